The van der Waals surface area contributed by atoms with E-state index in [1.54, 1.807) is 0 Å². The third-order valence-corrected chi connectivity index (χ3v) is 5.79. The average molecular weight is 370 g/mol. The van der Waals surface area contributed by atoms with Crippen LogP contribution >= 0.6 is 0 Å². The molecule has 27 heavy (non-hydrogen) atoms. The van der Waals surface area contributed by atoms with Gasteiger partial charge in [-0.2, -0.15) is 0 Å². The molecule has 1 N–H and O–H groups in total. The van der Waals surface area contributed by atoms with E-state index in [1.807, 2.05) is 30.9 Å². The molecule has 5 heteroatoms. The largest absolute Gasteiger partial charge is 0.354 e. The lowest BCUT2D eigenvalue weighted by molar-refractivity contribution is -0.126. The number of aryl methyl sites for hydroxylation is 2. The molecule has 0 spiro atoms. The van der Waals surface area contributed by atoms with E-state index in [4.69, 9.17) is 0 Å². The van der Waals surface area contributed by atoms with E-state index in [2.05, 4.69) is 36.7 Å². The molecule has 0 saturated carbocycles. The molecule has 0 atom stereocenters. The molecule has 0 bridgehead atoms. The Morgan fingerprint density at radius 1 is 1.19 bits per heavy atom. The number of likely N-dealkylation sites (tertiary alicyclic amines) is 1. The fourth-order valence-electron chi connectivity index (χ4n) is 4.12. The van der Waals surface area contributed by atoms with Crippen molar-refractivity contribution < 1.29 is 9.59 Å². The number of nitrogens with zero attached hydrogens (tertiary/aromatic N) is 2. The molecule has 2 heterocycles. The van der Waals surface area contributed by atoms with E-state index in [-0.39, 0.29) is 23.8 Å². The number of benzene rings is 1. The van der Waals surface area contributed by atoms with Crippen LogP contribution in [0.4, 0.5) is 0 Å². The van der Waals surface area contributed by atoms with Crippen molar-refractivity contribution in [3.05, 3.63) is 35.0 Å². The summed E-state index contributed by atoms with van der Waals surface area (Å²) < 4.78 is 2.29. The molecule has 1 aromatic carbocycles. The van der Waals surface area contributed by atoms with Crippen LogP contribution in [0.5, 0.6) is 0 Å². The molecule has 1 aromatic heterocycles. The zero-order valence-corrected chi connectivity index (χ0v) is 17.1. The quantitative estimate of drug-likeness (QED) is 0.894. The maximum Gasteiger partial charge on any atom is 0.253 e. The molecule has 5 nitrogen and oxygen atoms in total. The van der Waals surface area contributed by atoms with Crippen LogP contribution in [-0.2, 0) is 11.3 Å². The lowest BCUT2D eigenvalue weighted by atomic mass is 9.95. The molecule has 0 aliphatic carbocycles. The molecule has 1 aliphatic rings. The topological polar surface area (TPSA) is 54.3 Å². The maximum absolute atomic E-state index is 13.0. The third kappa shape index (κ3) is 3.73. The fraction of sp³-hybridized carbons (Fsp3) is 0.545. The minimum absolute atomic E-state index is 0.0161. The van der Waals surface area contributed by atoms with Gasteiger partial charge in [0.25, 0.3) is 5.91 Å². The van der Waals surface area contributed by atoms with Crippen LogP contribution in [0.25, 0.3) is 10.9 Å². The summed E-state index contributed by atoms with van der Waals surface area (Å²) in [5.74, 6) is 0.203. The zero-order chi connectivity index (χ0) is 19.7. The summed E-state index contributed by atoms with van der Waals surface area (Å²) in [5.41, 5.74) is 4.43. The first-order valence-electron chi connectivity index (χ1n) is 10.0. The molecule has 1 saturated heterocycles. The molecule has 2 aromatic rings. The zero-order valence-electron chi connectivity index (χ0n) is 17.1. The SMILES string of the molecule is CCn1c(C)c(C)c2cc(C(=O)N3CCC(C(=O)NC(C)C)CC3)ccc21. The first kappa shape index (κ1) is 19.5. The summed E-state index contributed by atoms with van der Waals surface area (Å²) in [6.07, 6.45) is 1.47. The van der Waals surface area contributed by atoms with Gasteiger partial charge in [-0.15, -0.1) is 0 Å². The highest BCUT2D eigenvalue weighted by molar-refractivity contribution is 5.99. The molecule has 3 rings (SSSR count). The minimum Gasteiger partial charge on any atom is -0.354 e. The Morgan fingerprint density at radius 3 is 2.44 bits per heavy atom. The molecule has 1 fully saturated rings. The number of hydrogen-bond donors (Lipinski definition) is 1. The van der Waals surface area contributed by atoms with Crippen molar-refractivity contribution in [1.82, 2.24) is 14.8 Å². The van der Waals surface area contributed by atoms with Crippen molar-refractivity contribution in [3.8, 4) is 0 Å². The van der Waals surface area contributed by atoms with Crippen LogP contribution < -0.4 is 5.32 Å². The van der Waals surface area contributed by atoms with Crippen molar-refractivity contribution >= 4 is 22.7 Å². The lowest BCUT2D eigenvalue weighted by Gasteiger charge is -2.31. The van der Waals surface area contributed by atoms with E-state index >= 15 is 0 Å². The van der Waals surface area contributed by atoms with Crippen LogP contribution in [0.1, 0.15) is 55.2 Å². The Morgan fingerprint density at radius 2 is 1.85 bits per heavy atom. The third-order valence-electron chi connectivity index (χ3n) is 5.79. The summed E-state index contributed by atoms with van der Waals surface area (Å²) in [5, 5.41) is 4.14. The number of fused-ring (bicyclic) bond motifs is 1. The smallest absolute Gasteiger partial charge is 0.253 e. The van der Waals surface area contributed by atoms with Gasteiger partial charge in [0.05, 0.1) is 0 Å². The van der Waals surface area contributed by atoms with Crippen LogP contribution in [0.15, 0.2) is 18.2 Å². The Balaban J connectivity index is 1.74. The van der Waals surface area contributed by atoms with Gasteiger partial charge in [-0.25, -0.2) is 0 Å². The van der Waals surface area contributed by atoms with Crippen molar-refractivity contribution in [2.75, 3.05) is 13.1 Å². The van der Waals surface area contributed by atoms with Crippen molar-refractivity contribution in [2.24, 2.45) is 5.92 Å². The van der Waals surface area contributed by atoms with Gasteiger partial charge in [0, 0.05) is 53.8 Å². The summed E-state index contributed by atoms with van der Waals surface area (Å²) in [4.78, 5) is 27.1. The van der Waals surface area contributed by atoms with Crippen molar-refractivity contribution in [1.29, 1.82) is 0 Å². The van der Waals surface area contributed by atoms with Gasteiger partial charge in [0.15, 0.2) is 0 Å². The standard InChI is InChI=1S/C22H31N3O2/c1-6-25-16(5)15(4)19-13-18(7-8-20(19)25)22(27)24-11-9-17(10-12-24)21(26)23-14(2)3/h7-8,13-14,17H,6,9-12H2,1-5H3,(H,23,26). The average Bonchev–Trinajstić information content (AvgIpc) is 2.90. The van der Waals surface area contributed by atoms with E-state index in [1.165, 1.54) is 16.8 Å². The molecular formula is C22H31N3O2. The summed E-state index contributed by atoms with van der Waals surface area (Å²) >= 11 is 0. The van der Waals surface area contributed by atoms with E-state index < -0.39 is 0 Å². The summed E-state index contributed by atoms with van der Waals surface area (Å²) in [6, 6.07) is 6.19. The van der Waals surface area contributed by atoms with E-state index in [9.17, 15) is 9.59 Å². The molecular weight excluding hydrogens is 338 g/mol. The van der Waals surface area contributed by atoms with Crippen LogP contribution in [0.3, 0.4) is 0 Å². The predicted molar refractivity (Wildman–Crippen MR) is 109 cm³/mol. The normalized spacial score (nSPS) is 15.6. The summed E-state index contributed by atoms with van der Waals surface area (Å²) in [7, 11) is 0. The first-order chi connectivity index (χ1) is 12.8. The summed E-state index contributed by atoms with van der Waals surface area (Å²) in [6.45, 7) is 12.6. The Kier molecular flexibility index (Phi) is 5.59. The van der Waals surface area contributed by atoms with Gasteiger partial charge in [-0.05, 0) is 71.2 Å². The second-order valence-electron chi connectivity index (χ2n) is 7.92. The fourth-order valence-corrected chi connectivity index (χ4v) is 4.12. The first-order valence-corrected chi connectivity index (χ1v) is 10.0. The van der Waals surface area contributed by atoms with Crippen LogP contribution in [0.2, 0.25) is 0 Å². The highest BCUT2D eigenvalue weighted by atomic mass is 16.2. The van der Waals surface area contributed by atoms with E-state index in [0.29, 0.717) is 13.1 Å². The highest BCUT2D eigenvalue weighted by Crippen LogP contribution is 2.27. The van der Waals surface area contributed by atoms with Crippen LogP contribution in [-0.4, -0.2) is 40.4 Å². The maximum atomic E-state index is 13.0. The number of amides is 2. The molecule has 1 aliphatic heterocycles. The van der Waals surface area contributed by atoms with Gasteiger partial charge in [0.1, 0.15) is 0 Å². The molecule has 146 valence electrons. The number of nitrogens with one attached hydrogen (secondary N) is 1. The van der Waals surface area contributed by atoms with Gasteiger partial charge in [-0.3, -0.25) is 9.59 Å². The Labute approximate surface area is 161 Å². The number of hydrogen-bond acceptors (Lipinski definition) is 2. The van der Waals surface area contributed by atoms with E-state index in [0.717, 1.165) is 30.3 Å². The number of carbonyl (C=O) groups is 2. The molecule has 2 amide bonds. The monoisotopic (exact) mass is 369 g/mol. The van der Waals surface area contributed by atoms with Crippen molar-refractivity contribution in [2.45, 2.75) is 60.0 Å². The Bertz CT molecular complexity index is 858. The Hall–Kier alpha value is -2.30. The lowest BCUT2D eigenvalue weighted by Crippen LogP contribution is -2.44. The van der Waals surface area contributed by atoms with Crippen molar-refractivity contribution in [3.63, 3.8) is 0 Å². The van der Waals surface area contributed by atoms with Gasteiger partial charge >= 0.3 is 0 Å². The van der Waals surface area contributed by atoms with Gasteiger partial charge in [0.2, 0.25) is 5.91 Å². The van der Waals surface area contributed by atoms with Gasteiger partial charge in [-0.1, -0.05) is 0 Å². The second-order valence-corrected chi connectivity index (χ2v) is 7.92. The highest BCUT2D eigenvalue weighted by Gasteiger charge is 2.28. The molecule has 0 radical (unpaired) electrons. The number of carbonyl (C=O) groups excluding carboxylic acids is 2. The second kappa shape index (κ2) is 7.75. The number of piperidine rings is 1. The predicted octanol–water partition coefficient (Wildman–Crippen LogP) is 3.65. The van der Waals surface area contributed by atoms with Crippen LogP contribution in [0, 0.1) is 19.8 Å². The van der Waals surface area contributed by atoms with Gasteiger partial charge < -0.3 is 14.8 Å². The number of rotatable bonds is 4. The molecule has 0 unspecified atom stereocenters. The number of aromatic nitrogens is 1. The minimum atomic E-state index is 0.0161.